The molecule has 0 saturated heterocycles. The lowest BCUT2D eigenvalue weighted by atomic mass is 9.97. The van der Waals surface area contributed by atoms with Gasteiger partial charge in [-0.3, -0.25) is 4.79 Å². The van der Waals surface area contributed by atoms with Crippen LogP contribution in [-0.2, 0) is 11.2 Å². The summed E-state index contributed by atoms with van der Waals surface area (Å²) in [6.07, 6.45) is 0.689. The maximum absolute atomic E-state index is 11.2. The zero-order valence-electron chi connectivity index (χ0n) is 13.0. The molecule has 0 spiro atoms. The smallest absolute Gasteiger partial charge is 0.308 e. The SMILES string of the molecule is CC(=O)Oc1c(Br)cc(Cc2cccc3ccccc23)cc1C#N. The number of carbonyl (C=O) groups excluding carboxylic acids is 1. The van der Waals surface area contributed by atoms with Crippen molar-refractivity contribution in [3.05, 3.63) is 75.8 Å². The van der Waals surface area contributed by atoms with Gasteiger partial charge in [0, 0.05) is 6.92 Å². The Kier molecular flexibility index (Phi) is 4.64. The van der Waals surface area contributed by atoms with Crippen molar-refractivity contribution in [2.45, 2.75) is 13.3 Å². The lowest BCUT2D eigenvalue weighted by Gasteiger charge is -2.11. The monoisotopic (exact) mass is 379 g/mol. The maximum Gasteiger partial charge on any atom is 0.308 e. The van der Waals surface area contributed by atoms with Gasteiger partial charge in [-0.15, -0.1) is 0 Å². The molecule has 0 saturated carbocycles. The van der Waals surface area contributed by atoms with Gasteiger partial charge in [-0.25, -0.2) is 0 Å². The fourth-order valence-electron chi connectivity index (χ4n) is 2.75. The molecule has 4 heteroatoms. The summed E-state index contributed by atoms with van der Waals surface area (Å²) in [7, 11) is 0. The highest BCUT2D eigenvalue weighted by atomic mass is 79.9. The topological polar surface area (TPSA) is 50.1 Å². The molecule has 24 heavy (non-hydrogen) atoms. The summed E-state index contributed by atoms with van der Waals surface area (Å²) in [5, 5.41) is 11.7. The molecule has 0 unspecified atom stereocenters. The summed E-state index contributed by atoms with van der Waals surface area (Å²) in [5.74, 6) is -0.180. The summed E-state index contributed by atoms with van der Waals surface area (Å²) in [4.78, 5) is 11.2. The van der Waals surface area contributed by atoms with Crippen LogP contribution < -0.4 is 4.74 Å². The highest BCUT2D eigenvalue weighted by Crippen LogP contribution is 2.32. The first-order valence-electron chi connectivity index (χ1n) is 7.46. The number of fused-ring (bicyclic) bond motifs is 1. The van der Waals surface area contributed by atoms with Crippen LogP contribution in [0.3, 0.4) is 0 Å². The predicted molar refractivity (Wildman–Crippen MR) is 96.9 cm³/mol. The third-order valence-electron chi connectivity index (χ3n) is 3.74. The molecule has 118 valence electrons. The van der Waals surface area contributed by atoms with Crippen LogP contribution in [0.1, 0.15) is 23.6 Å². The third-order valence-corrected chi connectivity index (χ3v) is 4.33. The number of nitrogens with zero attached hydrogens (tertiary/aromatic N) is 1. The fourth-order valence-corrected chi connectivity index (χ4v) is 3.34. The minimum absolute atomic E-state index is 0.270. The number of esters is 1. The molecule has 0 aliphatic rings. The van der Waals surface area contributed by atoms with E-state index in [1.807, 2.05) is 24.3 Å². The van der Waals surface area contributed by atoms with E-state index in [-0.39, 0.29) is 5.75 Å². The lowest BCUT2D eigenvalue weighted by Crippen LogP contribution is -2.04. The van der Waals surface area contributed by atoms with Gasteiger partial charge in [0.05, 0.1) is 10.0 Å². The average Bonchev–Trinajstić information content (AvgIpc) is 2.57. The van der Waals surface area contributed by atoms with Gasteiger partial charge in [0.2, 0.25) is 0 Å². The van der Waals surface area contributed by atoms with Gasteiger partial charge >= 0.3 is 5.97 Å². The Bertz CT molecular complexity index is 968. The van der Waals surface area contributed by atoms with Crippen molar-refractivity contribution in [1.29, 1.82) is 5.26 Å². The molecule has 0 radical (unpaired) electrons. The van der Waals surface area contributed by atoms with Crippen LogP contribution in [0.25, 0.3) is 10.8 Å². The Balaban J connectivity index is 2.03. The van der Waals surface area contributed by atoms with Crippen LogP contribution in [0.5, 0.6) is 5.75 Å². The van der Waals surface area contributed by atoms with Crippen molar-refractivity contribution >= 4 is 32.7 Å². The quantitative estimate of drug-likeness (QED) is 0.475. The zero-order chi connectivity index (χ0) is 17.1. The van der Waals surface area contributed by atoms with Crippen LogP contribution in [0.15, 0.2) is 59.1 Å². The van der Waals surface area contributed by atoms with Crippen LogP contribution >= 0.6 is 15.9 Å². The second-order valence-corrected chi connectivity index (χ2v) is 6.33. The summed E-state index contributed by atoms with van der Waals surface area (Å²) >= 11 is 3.40. The first-order valence-corrected chi connectivity index (χ1v) is 8.25. The second-order valence-electron chi connectivity index (χ2n) is 5.47. The van der Waals surface area contributed by atoms with Crippen molar-refractivity contribution < 1.29 is 9.53 Å². The van der Waals surface area contributed by atoms with Gasteiger partial charge in [-0.2, -0.15) is 5.26 Å². The van der Waals surface area contributed by atoms with E-state index in [0.29, 0.717) is 16.5 Å². The number of ether oxygens (including phenoxy) is 1. The molecule has 0 aliphatic carbocycles. The molecule has 0 fully saturated rings. The fraction of sp³-hybridized carbons (Fsp3) is 0.100. The van der Waals surface area contributed by atoms with Crippen LogP contribution in [-0.4, -0.2) is 5.97 Å². The van der Waals surface area contributed by atoms with E-state index in [1.54, 1.807) is 6.07 Å². The molecular weight excluding hydrogens is 366 g/mol. The van der Waals surface area contributed by atoms with E-state index in [2.05, 4.69) is 46.3 Å². The average molecular weight is 380 g/mol. The Morgan fingerprint density at radius 1 is 1.17 bits per heavy atom. The number of rotatable bonds is 3. The molecule has 0 aromatic heterocycles. The first-order chi connectivity index (χ1) is 11.6. The van der Waals surface area contributed by atoms with E-state index in [4.69, 9.17) is 4.74 Å². The van der Waals surface area contributed by atoms with Crippen molar-refractivity contribution in [3.8, 4) is 11.8 Å². The third kappa shape index (κ3) is 3.32. The molecule has 3 rings (SSSR count). The molecule has 0 bridgehead atoms. The van der Waals surface area contributed by atoms with Crippen LogP contribution in [0, 0.1) is 11.3 Å². The zero-order valence-corrected chi connectivity index (χ0v) is 14.6. The number of hydrogen-bond donors (Lipinski definition) is 0. The first kappa shape index (κ1) is 16.2. The molecule has 0 atom stereocenters. The highest BCUT2D eigenvalue weighted by Gasteiger charge is 2.13. The van der Waals surface area contributed by atoms with E-state index >= 15 is 0 Å². The van der Waals surface area contributed by atoms with Crippen LogP contribution in [0.4, 0.5) is 0 Å². The normalized spacial score (nSPS) is 10.4. The predicted octanol–water partition coefficient (Wildman–Crippen LogP) is 4.99. The van der Waals surface area contributed by atoms with E-state index in [0.717, 1.165) is 5.56 Å². The van der Waals surface area contributed by atoms with E-state index < -0.39 is 5.97 Å². The van der Waals surface area contributed by atoms with Gasteiger partial charge in [-0.1, -0.05) is 42.5 Å². The van der Waals surface area contributed by atoms with Gasteiger partial charge in [0.1, 0.15) is 6.07 Å². The summed E-state index contributed by atoms with van der Waals surface area (Å²) in [6.45, 7) is 1.32. The molecule has 0 amide bonds. The van der Waals surface area contributed by atoms with E-state index in [9.17, 15) is 10.1 Å². The Morgan fingerprint density at radius 3 is 2.67 bits per heavy atom. The minimum Gasteiger partial charge on any atom is -0.424 e. The van der Waals surface area contributed by atoms with Crippen molar-refractivity contribution in [2.75, 3.05) is 0 Å². The van der Waals surface area contributed by atoms with Gasteiger partial charge < -0.3 is 4.74 Å². The largest absolute Gasteiger partial charge is 0.424 e. The second kappa shape index (κ2) is 6.86. The minimum atomic E-state index is -0.450. The van der Waals surface area contributed by atoms with Crippen LogP contribution in [0.2, 0.25) is 0 Å². The standard InChI is InChI=1S/C20H14BrNO2/c1-13(23)24-20-17(12-22)10-14(11-19(20)21)9-16-7-4-6-15-5-2-3-8-18(15)16/h2-8,10-11H,9H2,1H3. The van der Waals surface area contributed by atoms with Gasteiger partial charge in [-0.05, 0) is 56.4 Å². The van der Waals surface area contributed by atoms with E-state index in [1.165, 1.54) is 23.3 Å². The number of nitriles is 1. The molecule has 0 heterocycles. The lowest BCUT2D eigenvalue weighted by molar-refractivity contribution is -0.131. The number of carbonyl (C=O) groups is 1. The number of halogens is 1. The Hall–Kier alpha value is -2.64. The van der Waals surface area contributed by atoms with Gasteiger partial charge in [0.15, 0.2) is 5.75 Å². The maximum atomic E-state index is 11.2. The Labute approximate surface area is 148 Å². The highest BCUT2D eigenvalue weighted by molar-refractivity contribution is 9.10. The number of benzene rings is 3. The molecular formula is C20H14BrNO2. The Morgan fingerprint density at radius 2 is 1.92 bits per heavy atom. The summed E-state index contributed by atoms with van der Waals surface area (Å²) < 4.78 is 5.74. The van der Waals surface area contributed by atoms with Crippen molar-refractivity contribution in [2.24, 2.45) is 0 Å². The molecule has 0 N–H and O–H groups in total. The van der Waals surface area contributed by atoms with Crippen molar-refractivity contribution in [3.63, 3.8) is 0 Å². The summed E-state index contributed by atoms with van der Waals surface area (Å²) in [6, 6.07) is 20.2. The molecule has 3 aromatic rings. The molecule has 3 aromatic carbocycles. The molecule has 0 aliphatic heterocycles. The number of hydrogen-bond acceptors (Lipinski definition) is 3. The van der Waals surface area contributed by atoms with Crippen molar-refractivity contribution in [1.82, 2.24) is 0 Å². The summed E-state index contributed by atoms with van der Waals surface area (Å²) in [5.41, 5.74) is 2.50. The van der Waals surface area contributed by atoms with Gasteiger partial charge in [0.25, 0.3) is 0 Å². The molecule has 3 nitrogen and oxygen atoms in total.